The molecule has 0 aromatic heterocycles. The van der Waals surface area contributed by atoms with Crippen molar-refractivity contribution in [1.29, 1.82) is 0 Å². The molecule has 0 radical (unpaired) electrons. The molecule has 0 spiro atoms. The first kappa shape index (κ1) is 88.9. The maximum absolute atomic E-state index is 14.7. The normalized spacial score (nSPS) is 37.8. The zero-order chi connectivity index (χ0) is 80.4. The summed E-state index contributed by atoms with van der Waals surface area (Å²) in [6.07, 6.45) is -48.0. The summed E-state index contributed by atoms with van der Waals surface area (Å²) in [5, 5.41) is 190. The number of aliphatic carboxylic acids is 1. The molecule has 108 heavy (non-hydrogen) atoms. The van der Waals surface area contributed by atoms with Crippen LogP contribution in [0.5, 0.6) is 0 Å². The fraction of sp³-hybridized carbons (Fsp3) is 0.841. The number of carbonyl (C=O) groups excluding carboxylic acids is 9. The van der Waals surface area contributed by atoms with Gasteiger partial charge in [-0.2, -0.15) is 0 Å². The lowest BCUT2D eigenvalue weighted by molar-refractivity contribution is -0.383. The van der Waals surface area contributed by atoms with Crippen LogP contribution in [0.3, 0.4) is 0 Å². The Morgan fingerprint density at radius 3 is 1.67 bits per heavy atom. The number of carboxylic acids is 1. The Balaban J connectivity index is 1.16. The van der Waals surface area contributed by atoms with E-state index in [-0.39, 0.29) is 25.9 Å². The smallest absolute Gasteiger partial charge is 0.364 e. The minimum absolute atomic E-state index is 0.0162. The van der Waals surface area contributed by atoms with Gasteiger partial charge in [0.2, 0.25) is 53.2 Å². The summed E-state index contributed by atoms with van der Waals surface area (Å²) in [4.78, 5) is 136. The van der Waals surface area contributed by atoms with Crippen LogP contribution in [0.1, 0.15) is 80.6 Å². The molecule has 616 valence electrons. The summed E-state index contributed by atoms with van der Waals surface area (Å²) < 4.78 is 59.6. The van der Waals surface area contributed by atoms with Crippen LogP contribution in [0.2, 0.25) is 0 Å². The number of nitrogens with zero attached hydrogens (tertiary/aromatic N) is 2. The quantitative estimate of drug-likeness (QED) is 0.0297. The topological polar surface area (TPSA) is 691 Å². The van der Waals surface area contributed by atoms with Crippen molar-refractivity contribution < 1.29 is 177 Å². The molecule has 9 amide bonds. The highest BCUT2D eigenvalue weighted by Gasteiger charge is 2.61. The van der Waals surface area contributed by atoms with E-state index in [1.165, 1.54) is 37.5 Å². The van der Waals surface area contributed by atoms with Gasteiger partial charge in [0.15, 0.2) is 25.2 Å². The number of likely N-dealkylation sites (tertiary alicyclic amines) is 2. The largest absolute Gasteiger partial charge is 0.477 e. The van der Waals surface area contributed by atoms with Gasteiger partial charge < -0.3 is 177 Å². The number of carbonyl (C=O) groups is 10. The van der Waals surface area contributed by atoms with E-state index in [2.05, 4.69) is 31.9 Å². The minimum atomic E-state index is -3.24. The summed E-state index contributed by atoms with van der Waals surface area (Å²) in [5.74, 6) is -14.2. The molecule has 7 saturated heterocycles. The summed E-state index contributed by atoms with van der Waals surface area (Å²) in [6.45, 7) is 1.84. The molecule has 0 aromatic carbocycles. The lowest BCUT2D eigenvalue weighted by atomic mass is 9.88. The molecule has 16 unspecified atom stereocenters. The average Bonchev–Trinajstić information content (AvgIpc) is 1.03. The predicted octanol–water partition coefficient (Wildman–Crippen LogP) is -14.3. The number of amides is 9. The third kappa shape index (κ3) is 20.5. The van der Waals surface area contributed by atoms with Crippen LogP contribution in [0.15, 0.2) is 0 Å². The molecule has 7 fully saturated rings. The number of ether oxygens (including phenoxy) is 10. The second-order valence-electron chi connectivity index (χ2n) is 27.8. The van der Waals surface area contributed by atoms with Gasteiger partial charge in [-0.15, -0.1) is 0 Å². The maximum atomic E-state index is 14.7. The van der Waals surface area contributed by atoms with Crippen LogP contribution >= 0.6 is 0 Å². The predicted molar refractivity (Wildman–Crippen MR) is 349 cm³/mol. The monoisotopic (exact) mass is 1560 g/mol. The van der Waals surface area contributed by atoms with Gasteiger partial charge in [-0.05, 0) is 46.5 Å². The molecular formula is C63H103N9O36. The van der Waals surface area contributed by atoms with Gasteiger partial charge >= 0.3 is 5.97 Å². The minimum Gasteiger partial charge on any atom is -0.477 e. The first-order chi connectivity index (χ1) is 50.8. The van der Waals surface area contributed by atoms with Gasteiger partial charge in [-0.1, -0.05) is 6.92 Å². The number of aliphatic hydroxyl groups is 15. The number of primary amides is 1. The molecular weight excluding hydrogens is 1460 g/mol. The number of nitrogens with one attached hydrogen (secondary N) is 6. The number of aliphatic hydroxyl groups excluding tert-OH is 15. The number of hydrogen-bond acceptors (Lipinski definition) is 35. The number of hydrogen-bond donors (Lipinski definition) is 23. The highest BCUT2D eigenvalue weighted by Crippen LogP contribution is 2.40. The van der Waals surface area contributed by atoms with Gasteiger partial charge in [0.05, 0.1) is 63.8 Å². The van der Waals surface area contributed by atoms with E-state index in [4.69, 9.17) is 53.1 Å². The Bertz CT molecular complexity index is 3100. The molecule has 0 saturated carbocycles. The van der Waals surface area contributed by atoms with E-state index in [1.54, 1.807) is 0 Å². The van der Waals surface area contributed by atoms with E-state index in [1.807, 2.05) is 0 Å². The third-order valence-corrected chi connectivity index (χ3v) is 19.8. The molecule has 45 heteroatoms. The van der Waals surface area contributed by atoms with E-state index in [9.17, 15) is 130 Å². The van der Waals surface area contributed by atoms with Gasteiger partial charge in [-0.25, -0.2) is 4.79 Å². The molecule has 7 heterocycles. The first-order valence-electron chi connectivity index (χ1n) is 35.1. The summed E-state index contributed by atoms with van der Waals surface area (Å²) in [6, 6.07) is -12.1. The highest BCUT2D eigenvalue weighted by atomic mass is 16.8. The Morgan fingerprint density at radius 2 is 1.09 bits per heavy atom. The number of nitrogens with two attached hydrogens (primary N) is 1. The highest BCUT2D eigenvalue weighted by molar-refractivity contribution is 5.97. The van der Waals surface area contributed by atoms with E-state index >= 15 is 0 Å². The summed E-state index contributed by atoms with van der Waals surface area (Å²) in [5.41, 5.74) is 5.34. The van der Waals surface area contributed by atoms with Crippen LogP contribution < -0.4 is 37.6 Å². The van der Waals surface area contributed by atoms with Crippen molar-refractivity contribution in [3.8, 4) is 0 Å². The van der Waals surface area contributed by atoms with Gasteiger partial charge in [-0.3, -0.25) is 43.2 Å². The van der Waals surface area contributed by atoms with Gasteiger partial charge in [0.1, 0.15) is 146 Å². The molecule has 0 aliphatic carbocycles. The van der Waals surface area contributed by atoms with Crippen LogP contribution in [-0.2, 0) is 95.3 Å². The van der Waals surface area contributed by atoms with Crippen molar-refractivity contribution in [2.24, 2.45) is 11.7 Å². The van der Waals surface area contributed by atoms with Crippen molar-refractivity contribution in [3.05, 3.63) is 0 Å². The fourth-order valence-corrected chi connectivity index (χ4v) is 13.8. The number of rotatable bonds is 32. The lowest BCUT2D eigenvalue weighted by Gasteiger charge is -2.51. The maximum Gasteiger partial charge on any atom is 0.364 e. The molecule has 0 bridgehead atoms. The molecule has 24 N–H and O–H groups in total. The molecule has 33 atom stereocenters. The van der Waals surface area contributed by atoms with Crippen molar-refractivity contribution in [1.82, 2.24) is 41.7 Å². The SMILES string of the molecule is CC(=O)NC1[C@H](OCC2O[C@H](OC(C)C(NC(=O)C(C)CO)C(=O)NC(C)C(=O)N3CCCC3C(=O)N3CCCC3C(=O)NC(C)C(N)=O)C(NC(C)=O)[C@@H](O[C@@H]3OC(CO)[C@H](O)[C@H](O)C3O)[C@H]2O)OC(CO)[C@@H](O[C@@H]2OC(CO)[C@H](O)[C@H](O[C@]3(C(=O)O)C[C@@H](O)[C@@H](NC(C)=O)C([C@H](O)[C@H](O)CO)O3)C2O)[C@@H]1O. The van der Waals surface area contributed by atoms with Crippen molar-refractivity contribution in [3.63, 3.8) is 0 Å². The third-order valence-electron chi connectivity index (χ3n) is 19.8. The average molecular weight is 1560 g/mol. The fourth-order valence-electron chi connectivity index (χ4n) is 13.8. The van der Waals surface area contributed by atoms with Gasteiger partial charge in [0, 0.05) is 40.3 Å². The van der Waals surface area contributed by atoms with Crippen LogP contribution in [0, 0.1) is 5.92 Å². The van der Waals surface area contributed by atoms with Crippen LogP contribution in [-0.4, -0.2) is 399 Å². The van der Waals surface area contributed by atoms with E-state index < -0.39 is 306 Å². The Labute approximate surface area is 616 Å². The number of carboxylic acid groups (broad SMARTS) is 1. The molecule has 0 aromatic rings. The van der Waals surface area contributed by atoms with Crippen molar-refractivity contribution in [2.75, 3.05) is 52.7 Å². The first-order valence-corrected chi connectivity index (χ1v) is 35.1. The van der Waals surface area contributed by atoms with Crippen molar-refractivity contribution in [2.45, 2.75) is 276 Å². The van der Waals surface area contributed by atoms with Crippen LogP contribution in [0.25, 0.3) is 0 Å². The Morgan fingerprint density at radius 1 is 0.556 bits per heavy atom. The van der Waals surface area contributed by atoms with E-state index in [0.29, 0.717) is 12.8 Å². The zero-order valence-electron chi connectivity index (χ0n) is 60.0. The molecule has 7 rings (SSSR count). The summed E-state index contributed by atoms with van der Waals surface area (Å²) in [7, 11) is 0. The second kappa shape index (κ2) is 38.8. The Hall–Kier alpha value is -6.30. The molecule has 7 aliphatic rings. The van der Waals surface area contributed by atoms with Crippen LogP contribution in [0.4, 0.5) is 0 Å². The zero-order valence-corrected chi connectivity index (χ0v) is 60.0. The second-order valence-corrected chi connectivity index (χ2v) is 27.8. The van der Waals surface area contributed by atoms with Gasteiger partial charge in [0.25, 0.3) is 5.79 Å². The molecule has 7 aliphatic heterocycles. The lowest BCUT2D eigenvalue weighted by Crippen LogP contribution is -2.71. The van der Waals surface area contributed by atoms with Crippen molar-refractivity contribution >= 4 is 59.1 Å². The molecule has 45 nitrogen and oxygen atoms in total. The van der Waals surface area contributed by atoms with E-state index in [0.717, 1.165) is 20.8 Å². The summed E-state index contributed by atoms with van der Waals surface area (Å²) >= 11 is 0. The standard InChI is InChI=1S/C63H103N9O36/c1-21(15-73)53(92)70-36(55(94)66-23(3)56(95)72-13-9-11-29(72)57(96)71-12-8-10-28(71)54(93)65-22(2)52(64)91)24(4)100-59-39(69-27(7)80)49(106-60-46(89)45(88)41(84)32(17-75)101-60)43(86)35(104-59)20-99-58-38(68-26(6)79)44(87)48(34(19-77)103-58)105-61-47(90)51(42(85)33(18-76)102-61)108-63(62(97)98)14-30(81)37(67-25(5)78)50(107-63)40(83)31(82)16-74/h21-24,28-51,58-61,73-77,81-90H,8-20H2,1-7H3,(H2,64,91)(H,65,93)(H,66,94)(H,67,78)(H,68,79)(H,69,80)(H,70,92)(H,97,98)/t21?,22?,23?,24?,28?,29?,30-,31-,32?,33?,34?,35?,36?,37-,38?,39?,40-,41+,42+,43+,44-,45+,46?,47?,48-,49-,50?,51+,58-,59+,60+,61+,63+/m1/s1. The Kier molecular flexibility index (Phi) is 31.9.